The molecule has 3 aromatic rings. The van der Waals surface area contributed by atoms with Crippen molar-refractivity contribution in [3.63, 3.8) is 0 Å². The van der Waals surface area contributed by atoms with Crippen LogP contribution in [0.15, 0.2) is 35.0 Å². The Bertz CT molecular complexity index is 825. The number of nitrogens with one attached hydrogen (secondary N) is 1. The van der Waals surface area contributed by atoms with Crippen LogP contribution in [-0.4, -0.2) is 46.4 Å². The van der Waals surface area contributed by atoms with E-state index in [1.807, 2.05) is 37.8 Å². The molecule has 0 bridgehead atoms. The van der Waals surface area contributed by atoms with Crippen molar-refractivity contribution < 1.29 is 4.79 Å². The van der Waals surface area contributed by atoms with Crippen LogP contribution in [0.25, 0.3) is 11.0 Å². The molecule has 1 amide bonds. The topological polar surface area (TPSA) is 63.1 Å². The van der Waals surface area contributed by atoms with Gasteiger partial charge in [0, 0.05) is 18.7 Å². The number of fused-ring (bicyclic) bond motifs is 1. The van der Waals surface area contributed by atoms with Crippen molar-refractivity contribution in [1.29, 1.82) is 0 Å². The second-order valence-corrected chi connectivity index (χ2v) is 6.63. The molecule has 0 radical (unpaired) electrons. The Morgan fingerprint density at radius 1 is 1.38 bits per heavy atom. The van der Waals surface area contributed by atoms with Gasteiger partial charge < -0.3 is 10.2 Å². The van der Waals surface area contributed by atoms with Crippen LogP contribution in [0.4, 0.5) is 0 Å². The number of aryl methyl sites for hydroxylation is 1. The highest BCUT2D eigenvalue weighted by Crippen LogP contribution is 2.20. The molecule has 0 saturated carbocycles. The Labute approximate surface area is 145 Å². The number of hydrogen-bond acceptors (Lipinski definition) is 5. The van der Waals surface area contributed by atoms with E-state index in [1.54, 1.807) is 17.4 Å². The Hall–Kier alpha value is -2.25. The molecule has 0 unspecified atom stereocenters. The van der Waals surface area contributed by atoms with Crippen molar-refractivity contribution in [3.8, 4) is 0 Å². The first-order chi connectivity index (χ1) is 11.6. The minimum absolute atomic E-state index is 0.0926. The second-order valence-electron chi connectivity index (χ2n) is 5.85. The number of carbonyl (C=O) groups excluding carboxylic acids is 1. The van der Waals surface area contributed by atoms with Gasteiger partial charge in [-0.05, 0) is 61.6 Å². The van der Waals surface area contributed by atoms with Gasteiger partial charge in [-0.2, -0.15) is 11.3 Å². The minimum Gasteiger partial charge on any atom is -0.350 e. The van der Waals surface area contributed by atoms with E-state index in [4.69, 9.17) is 0 Å². The molecule has 2 aromatic heterocycles. The normalized spacial score (nSPS) is 12.7. The summed E-state index contributed by atoms with van der Waals surface area (Å²) in [5, 5.41) is 15.4. The molecule has 3 rings (SSSR count). The SMILES string of the molecule is CCn1nnc2cc(C(=O)NC[C@@H](c3ccsc3)N(C)C)ccc21. The first-order valence-electron chi connectivity index (χ1n) is 7.90. The predicted octanol–water partition coefficient (Wildman–Crippen LogP) is 2.55. The molecular formula is C17H21N5OS. The number of likely N-dealkylation sites (N-methyl/N-ethyl adjacent to an activating group) is 1. The van der Waals surface area contributed by atoms with Gasteiger partial charge in [-0.25, -0.2) is 4.68 Å². The molecule has 6 nitrogen and oxygen atoms in total. The lowest BCUT2D eigenvalue weighted by Crippen LogP contribution is -2.34. The molecule has 0 fully saturated rings. The minimum atomic E-state index is -0.0926. The van der Waals surface area contributed by atoms with Crippen LogP contribution < -0.4 is 5.32 Å². The number of hydrogen-bond donors (Lipinski definition) is 1. The van der Waals surface area contributed by atoms with E-state index < -0.39 is 0 Å². The number of carbonyl (C=O) groups is 1. The highest BCUT2D eigenvalue weighted by atomic mass is 32.1. The van der Waals surface area contributed by atoms with Crippen molar-refractivity contribution in [2.75, 3.05) is 20.6 Å². The third-order valence-electron chi connectivity index (χ3n) is 4.08. The molecule has 1 N–H and O–H groups in total. The standard InChI is InChI=1S/C17H21N5OS/c1-4-22-15-6-5-12(9-14(15)19-20-22)17(23)18-10-16(21(2)3)13-7-8-24-11-13/h5-9,11,16H,4,10H2,1-3H3,(H,18,23)/t16-/m0/s1. The van der Waals surface area contributed by atoms with E-state index >= 15 is 0 Å². The molecular weight excluding hydrogens is 322 g/mol. The zero-order chi connectivity index (χ0) is 17.1. The summed E-state index contributed by atoms with van der Waals surface area (Å²) in [4.78, 5) is 14.6. The van der Waals surface area contributed by atoms with E-state index in [2.05, 4.69) is 37.4 Å². The first kappa shape index (κ1) is 16.6. The number of nitrogens with zero attached hydrogens (tertiary/aromatic N) is 4. The summed E-state index contributed by atoms with van der Waals surface area (Å²) in [6.45, 7) is 3.33. The average Bonchev–Trinajstić information content (AvgIpc) is 3.23. The third-order valence-corrected chi connectivity index (χ3v) is 4.78. The van der Waals surface area contributed by atoms with Crippen molar-refractivity contribution in [1.82, 2.24) is 25.2 Å². The zero-order valence-corrected chi connectivity index (χ0v) is 14.9. The van der Waals surface area contributed by atoms with E-state index in [9.17, 15) is 4.79 Å². The molecule has 1 aromatic carbocycles. The highest BCUT2D eigenvalue weighted by molar-refractivity contribution is 7.07. The zero-order valence-electron chi connectivity index (χ0n) is 14.1. The van der Waals surface area contributed by atoms with Gasteiger partial charge in [0.25, 0.3) is 5.91 Å². The summed E-state index contributed by atoms with van der Waals surface area (Å²) in [6, 6.07) is 7.76. The summed E-state index contributed by atoms with van der Waals surface area (Å²) in [6.07, 6.45) is 0. The summed E-state index contributed by atoms with van der Waals surface area (Å²) in [5.41, 5.74) is 3.50. The molecule has 0 aliphatic carbocycles. The monoisotopic (exact) mass is 343 g/mol. The van der Waals surface area contributed by atoms with Gasteiger partial charge in [-0.3, -0.25) is 4.79 Å². The number of rotatable bonds is 6. The quantitative estimate of drug-likeness (QED) is 0.747. The lowest BCUT2D eigenvalue weighted by atomic mass is 10.1. The maximum absolute atomic E-state index is 12.5. The van der Waals surface area contributed by atoms with Crippen LogP contribution in [0, 0.1) is 0 Å². The van der Waals surface area contributed by atoms with Crippen LogP contribution in [0.5, 0.6) is 0 Å². The maximum atomic E-state index is 12.5. The Balaban J connectivity index is 1.72. The van der Waals surface area contributed by atoms with Crippen LogP contribution in [0.2, 0.25) is 0 Å². The fourth-order valence-electron chi connectivity index (χ4n) is 2.70. The molecule has 24 heavy (non-hydrogen) atoms. The molecule has 0 aliphatic rings. The number of amides is 1. The summed E-state index contributed by atoms with van der Waals surface area (Å²) < 4.78 is 1.82. The van der Waals surface area contributed by atoms with Gasteiger partial charge in [0.2, 0.25) is 0 Å². The van der Waals surface area contributed by atoms with Crippen LogP contribution in [0.3, 0.4) is 0 Å². The lowest BCUT2D eigenvalue weighted by molar-refractivity contribution is 0.0942. The van der Waals surface area contributed by atoms with Gasteiger partial charge >= 0.3 is 0 Å². The molecule has 126 valence electrons. The second kappa shape index (κ2) is 7.11. The number of benzene rings is 1. The van der Waals surface area contributed by atoms with E-state index in [0.717, 1.165) is 17.6 Å². The van der Waals surface area contributed by atoms with Crippen molar-refractivity contribution in [2.45, 2.75) is 19.5 Å². The maximum Gasteiger partial charge on any atom is 0.251 e. The summed E-state index contributed by atoms with van der Waals surface area (Å²) in [5.74, 6) is -0.0926. The van der Waals surface area contributed by atoms with E-state index in [1.165, 1.54) is 5.56 Å². The van der Waals surface area contributed by atoms with Crippen molar-refractivity contribution in [3.05, 3.63) is 46.2 Å². The Morgan fingerprint density at radius 2 is 2.21 bits per heavy atom. The molecule has 0 saturated heterocycles. The molecule has 0 aliphatic heterocycles. The van der Waals surface area contributed by atoms with Crippen LogP contribution in [0.1, 0.15) is 28.9 Å². The average molecular weight is 343 g/mol. The van der Waals surface area contributed by atoms with E-state index in [-0.39, 0.29) is 11.9 Å². The van der Waals surface area contributed by atoms with Gasteiger partial charge in [-0.1, -0.05) is 5.21 Å². The first-order valence-corrected chi connectivity index (χ1v) is 8.84. The highest BCUT2D eigenvalue weighted by Gasteiger charge is 2.17. The van der Waals surface area contributed by atoms with Gasteiger partial charge in [0.1, 0.15) is 5.52 Å². The Morgan fingerprint density at radius 3 is 2.88 bits per heavy atom. The lowest BCUT2D eigenvalue weighted by Gasteiger charge is -2.24. The van der Waals surface area contributed by atoms with Gasteiger partial charge in [0.05, 0.1) is 11.6 Å². The largest absolute Gasteiger partial charge is 0.350 e. The van der Waals surface area contributed by atoms with Gasteiger partial charge in [0.15, 0.2) is 0 Å². The fourth-order valence-corrected chi connectivity index (χ4v) is 3.41. The van der Waals surface area contributed by atoms with Crippen molar-refractivity contribution >= 4 is 28.3 Å². The molecule has 0 spiro atoms. The molecule has 7 heteroatoms. The predicted molar refractivity (Wildman–Crippen MR) is 96.3 cm³/mol. The third kappa shape index (κ3) is 3.32. The molecule has 2 heterocycles. The van der Waals surface area contributed by atoms with Gasteiger partial charge in [-0.15, -0.1) is 5.10 Å². The van der Waals surface area contributed by atoms with Crippen LogP contribution in [-0.2, 0) is 6.54 Å². The Kier molecular flexibility index (Phi) is 4.92. The fraction of sp³-hybridized carbons (Fsp3) is 0.353. The van der Waals surface area contributed by atoms with E-state index in [0.29, 0.717) is 12.1 Å². The summed E-state index contributed by atoms with van der Waals surface area (Å²) in [7, 11) is 4.03. The smallest absolute Gasteiger partial charge is 0.251 e. The number of thiophene rings is 1. The van der Waals surface area contributed by atoms with Crippen molar-refractivity contribution in [2.24, 2.45) is 0 Å². The van der Waals surface area contributed by atoms with Crippen LogP contribution >= 0.6 is 11.3 Å². The number of aromatic nitrogens is 3. The molecule has 1 atom stereocenters. The summed E-state index contributed by atoms with van der Waals surface area (Å²) >= 11 is 1.66.